The predicted molar refractivity (Wildman–Crippen MR) is 127 cm³/mol. The van der Waals surface area contributed by atoms with E-state index in [1.165, 1.54) is 0 Å². The molecular formula is C24H35N5O. The fourth-order valence-corrected chi connectivity index (χ4v) is 3.32. The van der Waals surface area contributed by atoms with Crippen molar-refractivity contribution in [2.45, 2.75) is 46.6 Å². The Morgan fingerprint density at radius 1 is 1.37 bits per heavy atom. The third-order valence-electron chi connectivity index (χ3n) is 5.02. The Hall–Kier alpha value is -2.73. The standard InChI is InChI=1S/C24H35N5O/c1-7-15-29(9-3)19(4)17-25-24-21(18-26-28(24)5)16-20-13-11-10-12-14-22(20)27-23(8-2)30-6/h8,10-13,16-19H,7,9,14-15H2,1-6H3/b20-16+,23-8+,25-17-,27-22-. The van der Waals surface area contributed by atoms with Crippen molar-refractivity contribution in [1.82, 2.24) is 14.7 Å². The maximum atomic E-state index is 5.34. The molecule has 162 valence electrons. The summed E-state index contributed by atoms with van der Waals surface area (Å²) in [5.41, 5.74) is 2.94. The zero-order valence-electron chi connectivity index (χ0n) is 19.2. The minimum Gasteiger partial charge on any atom is -0.481 e. The van der Waals surface area contributed by atoms with Gasteiger partial charge in [0.25, 0.3) is 0 Å². The first kappa shape index (κ1) is 23.5. The highest BCUT2D eigenvalue weighted by Gasteiger charge is 2.12. The van der Waals surface area contributed by atoms with E-state index in [-0.39, 0.29) is 6.04 Å². The molecule has 6 nitrogen and oxygen atoms in total. The number of aromatic nitrogens is 2. The van der Waals surface area contributed by atoms with Gasteiger partial charge in [0.15, 0.2) is 5.82 Å². The molecule has 1 aliphatic rings. The monoisotopic (exact) mass is 409 g/mol. The molecule has 0 N–H and O–H groups in total. The number of allylic oxidation sites excluding steroid dienone is 6. The molecule has 0 bridgehead atoms. The number of ether oxygens (including phenoxy) is 1. The fraction of sp³-hybridized carbons (Fsp3) is 0.458. The van der Waals surface area contributed by atoms with Crippen LogP contribution in [0.25, 0.3) is 6.08 Å². The van der Waals surface area contributed by atoms with Crippen molar-refractivity contribution in [3.05, 3.63) is 53.6 Å². The zero-order valence-corrected chi connectivity index (χ0v) is 19.2. The van der Waals surface area contributed by atoms with Gasteiger partial charge in [0.1, 0.15) is 0 Å². The molecule has 0 aromatic carbocycles. The molecule has 0 amide bonds. The summed E-state index contributed by atoms with van der Waals surface area (Å²) in [6.07, 6.45) is 17.9. The average molecular weight is 410 g/mol. The minimum absolute atomic E-state index is 0.267. The molecule has 0 aliphatic heterocycles. The molecule has 0 saturated heterocycles. The number of nitrogens with zero attached hydrogens (tertiary/aromatic N) is 5. The van der Waals surface area contributed by atoms with Crippen LogP contribution in [0.1, 0.15) is 46.1 Å². The number of methoxy groups -OCH3 is 1. The van der Waals surface area contributed by atoms with Gasteiger partial charge in [-0.3, -0.25) is 9.58 Å². The van der Waals surface area contributed by atoms with E-state index in [0.717, 1.165) is 48.6 Å². The molecule has 6 heteroatoms. The molecule has 30 heavy (non-hydrogen) atoms. The average Bonchev–Trinajstić information content (AvgIpc) is 2.95. The molecule has 1 atom stereocenters. The topological polar surface area (TPSA) is 55.0 Å². The zero-order chi connectivity index (χ0) is 21.9. The van der Waals surface area contributed by atoms with E-state index in [9.17, 15) is 0 Å². The van der Waals surface area contributed by atoms with E-state index in [1.807, 2.05) is 49.3 Å². The molecule has 0 radical (unpaired) electrons. The summed E-state index contributed by atoms with van der Waals surface area (Å²) >= 11 is 0. The highest BCUT2D eigenvalue weighted by atomic mass is 16.5. The summed E-state index contributed by atoms with van der Waals surface area (Å²) in [7, 11) is 3.56. The van der Waals surface area contributed by atoms with Crippen molar-refractivity contribution in [3.63, 3.8) is 0 Å². The maximum absolute atomic E-state index is 5.34. The molecule has 1 aromatic heterocycles. The van der Waals surface area contributed by atoms with E-state index in [2.05, 4.69) is 54.0 Å². The molecular weight excluding hydrogens is 374 g/mol. The van der Waals surface area contributed by atoms with Crippen molar-refractivity contribution in [2.75, 3.05) is 20.2 Å². The molecule has 1 unspecified atom stereocenters. The van der Waals surface area contributed by atoms with Crippen molar-refractivity contribution >= 4 is 23.8 Å². The van der Waals surface area contributed by atoms with Crippen LogP contribution < -0.4 is 0 Å². The lowest BCUT2D eigenvalue weighted by atomic mass is 10.1. The molecule has 1 aliphatic carbocycles. The normalized spacial score (nSPS) is 18.7. The lowest BCUT2D eigenvalue weighted by Gasteiger charge is -2.24. The van der Waals surface area contributed by atoms with Crippen LogP contribution in [0.2, 0.25) is 0 Å². The van der Waals surface area contributed by atoms with Crippen LogP contribution in [0.4, 0.5) is 5.82 Å². The number of hydrogen-bond acceptors (Lipinski definition) is 5. The van der Waals surface area contributed by atoms with Crippen LogP contribution in [0.15, 0.2) is 58.0 Å². The second kappa shape index (κ2) is 12.1. The van der Waals surface area contributed by atoms with Crippen LogP contribution in [0.5, 0.6) is 0 Å². The van der Waals surface area contributed by atoms with E-state index < -0.39 is 0 Å². The molecule has 2 rings (SSSR count). The third-order valence-corrected chi connectivity index (χ3v) is 5.02. The quantitative estimate of drug-likeness (QED) is 0.422. The molecule has 0 saturated carbocycles. The Morgan fingerprint density at radius 3 is 2.83 bits per heavy atom. The van der Waals surface area contributed by atoms with Gasteiger partial charge in [-0.2, -0.15) is 5.10 Å². The predicted octanol–water partition coefficient (Wildman–Crippen LogP) is 5.09. The summed E-state index contributed by atoms with van der Waals surface area (Å²) in [5, 5.41) is 4.43. The Morgan fingerprint density at radius 2 is 2.17 bits per heavy atom. The van der Waals surface area contributed by atoms with E-state index in [1.54, 1.807) is 7.11 Å². The largest absolute Gasteiger partial charge is 0.481 e. The lowest BCUT2D eigenvalue weighted by molar-refractivity contribution is 0.270. The first-order chi connectivity index (χ1) is 14.5. The van der Waals surface area contributed by atoms with Gasteiger partial charge >= 0.3 is 0 Å². The molecule has 1 aromatic rings. The van der Waals surface area contributed by atoms with Crippen LogP contribution in [-0.2, 0) is 11.8 Å². The summed E-state index contributed by atoms with van der Waals surface area (Å²) in [5.74, 6) is 1.44. The third kappa shape index (κ3) is 6.39. The van der Waals surface area contributed by atoms with Gasteiger partial charge in [-0.1, -0.05) is 38.2 Å². The second-order valence-corrected chi connectivity index (χ2v) is 7.18. The van der Waals surface area contributed by atoms with Crippen molar-refractivity contribution in [3.8, 4) is 0 Å². The van der Waals surface area contributed by atoms with Crippen LogP contribution in [-0.4, -0.2) is 52.8 Å². The van der Waals surface area contributed by atoms with E-state index in [4.69, 9.17) is 9.73 Å². The van der Waals surface area contributed by atoms with Gasteiger partial charge in [0.05, 0.1) is 19.0 Å². The Bertz CT molecular complexity index is 870. The fourth-order valence-electron chi connectivity index (χ4n) is 3.32. The van der Waals surface area contributed by atoms with E-state index >= 15 is 0 Å². The highest BCUT2D eigenvalue weighted by Crippen LogP contribution is 2.24. The SMILES string of the molecule is C\C=C(/N=C1/CC=CC=C/C1=C\c1cnn(C)c1/N=C\C(C)N(CC)CCC)OC. The summed E-state index contributed by atoms with van der Waals surface area (Å²) in [6.45, 7) is 10.6. The van der Waals surface area contributed by atoms with Crippen molar-refractivity contribution < 1.29 is 4.74 Å². The number of aliphatic imine (C=N–C) groups is 2. The van der Waals surface area contributed by atoms with Gasteiger partial charge in [0.2, 0.25) is 5.88 Å². The Balaban J connectivity index is 2.38. The highest BCUT2D eigenvalue weighted by molar-refractivity contribution is 6.08. The summed E-state index contributed by atoms with van der Waals surface area (Å²) in [4.78, 5) is 11.9. The van der Waals surface area contributed by atoms with Crippen molar-refractivity contribution in [2.24, 2.45) is 17.0 Å². The van der Waals surface area contributed by atoms with Gasteiger partial charge in [-0.25, -0.2) is 9.98 Å². The Labute approximate surface area is 181 Å². The lowest BCUT2D eigenvalue weighted by Crippen LogP contribution is -2.34. The number of rotatable bonds is 9. The first-order valence-corrected chi connectivity index (χ1v) is 10.7. The van der Waals surface area contributed by atoms with Crippen LogP contribution >= 0.6 is 0 Å². The van der Waals surface area contributed by atoms with Crippen LogP contribution in [0.3, 0.4) is 0 Å². The van der Waals surface area contributed by atoms with Gasteiger partial charge in [0, 0.05) is 31.3 Å². The van der Waals surface area contributed by atoms with Gasteiger partial charge in [-0.15, -0.1) is 0 Å². The smallest absolute Gasteiger partial charge is 0.208 e. The van der Waals surface area contributed by atoms with Gasteiger partial charge < -0.3 is 4.74 Å². The van der Waals surface area contributed by atoms with Crippen LogP contribution in [0, 0.1) is 0 Å². The maximum Gasteiger partial charge on any atom is 0.208 e. The number of hydrogen-bond donors (Lipinski definition) is 0. The second-order valence-electron chi connectivity index (χ2n) is 7.18. The molecule has 1 heterocycles. The minimum atomic E-state index is 0.267. The van der Waals surface area contributed by atoms with E-state index in [0.29, 0.717) is 5.88 Å². The summed E-state index contributed by atoms with van der Waals surface area (Å²) in [6, 6.07) is 0.267. The number of aryl methyl sites for hydroxylation is 1. The van der Waals surface area contributed by atoms with Gasteiger partial charge in [-0.05, 0) is 51.1 Å². The van der Waals surface area contributed by atoms with Crippen molar-refractivity contribution in [1.29, 1.82) is 0 Å². The molecule has 0 spiro atoms. The Kier molecular flexibility index (Phi) is 9.48. The first-order valence-electron chi connectivity index (χ1n) is 10.7. The molecule has 0 fully saturated rings. The summed E-state index contributed by atoms with van der Waals surface area (Å²) < 4.78 is 7.15.